The molecule has 312 valence electrons. The zero-order chi connectivity index (χ0) is 42.7. The van der Waals surface area contributed by atoms with Crippen LogP contribution in [-0.2, 0) is 33.3 Å². The molecule has 1 saturated heterocycles. The van der Waals surface area contributed by atoms with Gasteiger partial charge in [-0.15, -0.1) is 0 Å². The van der Waals surface area contributed by atoms with E-state index >= 15 is 4.79 Å². The Kier molecular flexibility index (Phi) is 11.0. The number of aliphatic hydroxyl groups is 2. The first-order valence-corrected chi connectivity index (χ1v) is 20.2. The molecule has 4 aliphatic rings. The minimum absolute atomic E-state index is 0.148. The number of ketones is 1. The van der Waals surface area contributed by atoms with Crippen LogP contribution in [0.1, 0.15) is 93.6 Å². The van der Waals surface area contributed by atoms with Crippen LogP contribution in [-0.4, -0.2) is 82.5 Å². The second-order valence-corrected chi connectivity index (χ2v) is 17.7. The van der Waals surface area contributed by atoms with Crippen molar-refractivity contribution in [3.05, 3.63) is 119 Å². The molecule has 2 bridgehead atoms. The van der Waals surface area contributed by atoms with Gasteiger partial charge in [0, 0.05) is 36.2 Å². The summed E-state index contributed by atoms with van der Waals surface area (Å²) in [4.78, 5) is 69.9. The number of rotatable bonds is 9. The van der Waals surface area contributed by atoms with E-state index in [2.05, 4.69) is 5.32 Å². The number of carbonyl (C=O) groups is 5. The van der Waals surface area contributed by atoms with E-state index in [4.69, 9.17) is 18.9 Å². The molecule has 0 spiro atoms. The Morgan fingerprint density at radius 1 is 0.847 bits per heavy atom. The number of amides is 1. The Bertz CT molecular complexity index is 2160. The molecule has 3 N–H and O–H groups in total. The molecule has 3 fully saturated rings. The lowest BCUT2D eigenvalue weighted by atomic mass is 9.40. The maximum Gasteiger partial charge on any atom is 0.338 e. The number of Topliss-reactive ketones (excluding diaryl/α,β-unsaturated/α-hetero) is 1. The summed E-state index contributed by atoms with van der Waals surface area (Å²) in [5.41, 5.74) is -3.46. The van der Waals surface area contributed by atoms with Gasteiger partial charge in [-0.3, -0.25) is 14.4 Å². The number of carbonyl (C=O) groups excluding carboxylic acids is 5. The molecule has 3 aliphatic carbocycles. The fourth-order valence-corrected chi connectivity index (χ4v) is 10.9. The fourth-order valence-electron chi connectivity index (χ4n) is 10.9. The third-order valence-corrected chi connectivity index (χ3v) is 14.1. The van der Waals surface area contributed by atoms with E-state index in [1.54, 1.807) is 119 Å². The molecular formula is C47H53NO11. The highest BCUT2D eigenvalue weighted by atomic mass is 16.6. The lowest BCUT2D eigenvalue weighted by Gasteiger charge is -2.68. The Hall–Kier alpha value is -5.17. The minimum Gasteiger partial charge on any atom is -0.458 e. The second-order valence-electron chi connectivity index (χ2n) is 17.7. The third kappa shape index (κ3) is 6.88. The molecule has 12 heteroatoms. The van der Waals surface area contributed by atoms with Crippen molar-refractivity contribution in [3.8, 4) is 0 Å². The molecule has 0 aromatic heterocycles. The third-order valence-electron chi connectivity index (χ3n) is 14.1. The lowest BCUT2D eigenvalue weighted by molar-refractivity contribution is -0.302. The van der Waals surface area contributed by atoms with Crippen LogP contribution in [0.2, 0.25) is 0 Å². The summed E-state index contributed by atoms with van der Waals surface area (Å²) in [5, 5.41) is 27.9. The smallest absolute Gasteiger partial charge is 0.338 e. The Morgan fingerprint density at radius 3 is 1.98 bits per heavy atom. The molecule has 59 heavy (non-hydrogen) atoms. The van der Waals surface area contributed by atoms with Gasteiger partial charge in [-0.2, -0.15) is 0 Å². The van der Waals surface area contributed by atoms with Crippen molar-refractivity contribution < 1.29 is 53.1 Å². The summed E-state index contributed by atoms with van der Waals surface area (Å²) in [7, 11) is 0. The van der Waals surface area contributed by atoms with Gasteiger partial charge in [0.15, 0.2) is 18.0 Å². The summed E-state index contributed by atoms with van der Waals surface area (Å²) >= 11 is 0. The molecule has 1 aliphatic heterocycles. The van der Waals surface area contributed by atoms with Crippen molar-refractivity contribution >= 4 is 29.6 Å². The van der Waals surface area contributed by atoms with Crippen molar-refractivity contribution in [2.75, 3.05) is 6.61 Å². The molecule has 1 heterocycles. The van der Waals surface area contributed by atoms with Crippen LogP contribution in [0.5, 0.6) is 0 Å². The Morgan fingerprint density at radius 2 is 1.42 bits per heavy atom. The monoisotopic (exact) mass is 807 g/mol. The van der Waals surface area contributed by atoms with Gasteiger partial charge in [-0.25, -0.2) is 9.59 Å². The molecule has 0 radical (unpaired) electrons. The van der Waals surface area contributed by atoms with Crippen LogP contribution in [0.25, 0.3) is 0 Å². The molecule has 3 aromatic carbocycles. The fraction of sp³-hybridized carbons (Fsp3) is 0.468. The number of aliphatic hydroxyl groups excluding tert-OH is 1. The highest BCUT2D eigenvalue weighted by Crippen LogP contribution is 2.67. The summed E-state index contributed by atoms with van der Waals surface area (Å²) < 4.78 is 24.5. The second kappa shape index (κ2) is 15.5. The molecule has 7 rings (SSSR count). The number of hydrogen-bond donors (Lipinski definition) is 3. The van der Waals surface area contributed by atoms with Crippen LogP contribution in [0.3, 0.4) is 0 Å². The van der Waals surface area contributed by atoms with Crippen molar-refractivity contribution in [2.24, 2.45) is 28.1 Å². The van der Waals surface area contributed by atoms with Crippen LogP contribution in [0, 0.1) is 28.1 Å². The standard InChI is InChI=1S/C47H53NO11/c1-26-32(58-43(54)37(50)36(29-17-11-8-12-18-29)48-41(52)30-19-13-9-14-20-30)24-47(55)27(2)39-45(6)25-56-33(45)23-34(59-42(53)31-21-15-10-16-22-31)46(39,7)40(51)38(57-28(3)49)35(26)44(47,4)5/h8-22,27,32-34,36-39,50,55H,23-25H2,1-7H3,(H,48,52)/t27-,32-,33+,34-,36-,37+,38+,39?,45+,46+,47+/m0/s1. The molecule has 3 aromatic rings. The van der Waals surface area contributed by atoms with Gasteiger partial charge in [0.25, 0.3) is 5.91 Å². The predicted octanol–water partition coefficient (Wildman–Crippen LogP) is 5.72. The summed E-state index contributed by atoms with van der Waals surface area (Å²) in [5.74, 6) is -4.90. The maximum atomic E-state index is 15.6. The number of benzene rings is 3. The summed E-state index contributed by atoms with van der Waals surface area (Å²) in [6.07, 6.45) is -6.05. The predicted molar refractivity (Wildman–Crippen MR) is 214 cm³/mol. The first-order valence-electron chi connectivity index (χ1n) is 20.2. The van der Waals surface area contributed by atoms with Crippen molar-refractivity contribution in [3.63, 3.8) is 0 Å². The molecule has 11 atom stereocenters. The van der Waals surface area contributed by atoms with E-state index in [0.29, 0.717) is 22.3 Å². The van der Waals surface area contributed by atoms with Gasteiger partial charge in [0.2, 0.25) is 0 Å². The largest absolute Gasteiger partial charge is 0.458 e. The number of ether oxygens (including phenoxy) is 4. The average Bonchev–Trinajstić information content (AvgIpc) is 3.21. The number of nitrogens with one attached hydrogen (secondary N) is 1. The van der Waals surface area contributed by atoms with Gasteiger partial charge in [0.1, 0.15) is 12.2 Å². The van der Waals surface area contributed by atoms with Crippen LogP contribution in [0.15, 0.2) is 102 Å². The van der Waals surface area contributed by atoms with E-state index < -0.39 is 99.8 Å². The molecule has 2 saturated carbocycles. The highest BCUT2D eigenvalue weighted by molar-refractivity contribution is 5.96. The van der Waals surface area contributed by atoms with Crippen molar-refractivity contribution in [1.29, 1.82) is 0 Å². The van der Waals surface area contributed by atoms with Crippen molar-refractivity contribution in [2.45, 2.75) is 103 Å². The first kappa shape index (κ1) is 42.0. The molecule has 1 amide bonds. The first-order chi connectivity index (χ1) is 27.9. The van der Waals surface area contributed by atoms with Crippen LogP contribution < -0.4 is 5.32 Å². The normalized spacial score (nSPS) is 33.0. The van der Waals surface area contributed by atoms with Gasteiger partial charge in [-0.1, -0.05) is 94.4 Å². The summed E-state index contributed by atoms with van der Waals surface area (Å²) in [6, 6.07) is 24.2. The van der Waals surface area contributed by atoms with E-state index in [1.807, 2.05) is 13.8 Å². The average molecular weight is 808 g/mol. The Labute approximate surface area is 344 Å². The number of esters is 3. The van der Waals surface area contributed by atoms with Crippen molar-refractivity contribution in [1.82, 2.24) is 5.32 Å². The lowest BCUT2D eigenvalue weighted by Crippen LogP contribution is -2.75. The van der Waals surface area contributed by atoms with Crippen LogP contribution in [0.4, 0.5) is 0 Å². The minimum atomic E-state index is -1.89. The van der Waals surface area contributed by atoms with Crippen LogP contribution >= 0.6 is 0 Å². The van der Waals surface area contributed by atoms with Gasteiger partial charge >= 0.3 is 17.9 Å². The van der Waals surface area contributed by atoms with Gasteiger partial charge in [-0.05, 0) is 66.7 Å². The number of hydrogen-bond acceptors (Lipinski definition) is 11. The highest BCUT2D eigenvalue weighted by Gasteiger charge is 2.74. The van der Waals surface area contributed by atoms with E-state index in [0.717, 1.165) is 0 Å². The topological polar surface area (TPSA) is 175 Å². The molecular weight excluding hydrogens is 755 g/mol. The SMILES string of the molecule is CC(=O)O[C@H]1C(=O)[C@@]2(C)C([C@H](C)[C@]3(O)C[C@H](OC(=O)[C@H](O)[C@@H](NC(=O)c4ccccc4)c4ccccc4)C(C)=C1C3(C)C)[C@]1(C)CO[C@@H]1C[C@@H]2OC(=O)c1ccccc1. The summed E-state index contributed by atoms with van der Waals surface area (Å²) in [6.45, 7) is 12.3. The zero-order valence-electron chi connectivity index (χ0n) is 34.5. The van der Waals surface area contributed by atoms with E-state index in [-0.39, 0.29) is 25.0 Å². The van der Waals surface area contributed by atoms with Gasteiger partial charge in [0.05, 0.1) is 35.3 Å². The zero-order valence-corrected chi connectivity index (χ0v) is 34.5. The number of fused-ring (bicyclic) bond motifs is 5. The van der Waals surface area contributed by atoms with Gasteiger partial charge < -0.3 is 34.5 Å². The van der Waals surface area contributed by atoms with E-state index in [1.165, 1.54) is 6.92 Å². The van der Waals surface area contributed by atoms with E-state index in [9.17, 15) is 29.4 Å². The quantitative estimate of drug-likeness (QED) is 0.137. The molecule has 1 unspecified atom stereocenters. The Balaban J connectivity index is 1.30. The maximum absolute atomic E-state index is 15.6. The molecule has 12 nitrogen and oxygen atoms in total.